The van der Waals surface area contributed by atoms with E-state index in [1.54, 1.807) is 0 Å². The van der Waals surface area contributed by atoms with E-state index in [1.807, 2.05) is 13.0 Å². The Bertz CT molecular complexity index is 653. The van der Waals surface area contributed by atoms with Crippen LogP contribution in [0.2, 0.25) is 0 Å². The van der Waals surface area contributed by atoms with Gasteiger partial charge in [0, 0.05) is 45.2 Å². The van der Waals surface area contributed by atoms with Crippen molar-refractivity contribution in [1.29, 1.82) is 0 Å². The third kappa shape index (κ3) is 8.84. The van der Waals surface area contributed by atoms with Gasteiger partial charge in [-0.1, -0.05) is 30.3 Å². The van der Waals surface area contributed by atoms with E-state index in [0.29, 0.717) is 19.0 Å². The molecular weight excluding hydrogens is 507 g/mol. The molecule has 1 aromatic carbocycles. The summed E-state index contributed by atoms with van der Waals surface area (Å²) in [4.78, 5) is 6.92. The summed E-state index contributed by atoms with van der Waals surface area (Å²) in [5.74, 6) is 1.14. The van der Waals surface area contributed by atoms with Crippen LogP contribution in [0.5, 0.6) is 0 Å². The summed E-state index contributed by atoms with van der Waals surface area (Å²) in [5.41, 5.74) is 0.361. The lowest BCUT2D eigenvalue weighted by atomic mass is 9.89. The summed E-state index contributed by atoms with van der Waals surface area (Å²) in [6.07, 6.45) is 2.32. The molecule has 0 bridgehead atoms. The van der Waals surface area contributed by atoms with Crippen LogP contribution in [0.1, 0.15) is 38.4 Å². The number of benzene rings is 1. The average Bonchev–Trinajstić information content (AvgIpc) is 2.77. The zero-order valence-corrected chi connectivity index (χ0v) is 21.2. The van der Waals surface area contributed by atoms with Crippen molar-refractivity contribution in [3.8, 4) is 0 Å². The fourth-order valence-electron chi connectivity index (χ4n) is 4.17. The molecule has 0 aliphatic carbocycles. The molecule has 2 saturated heterocycles. The molecule has 0 aromatic heterocycles. The number of morpholine rings is 1. The molecule has 2 heterocycles. The maximum Gasteiger partial charge on any atom is 0.191 e. The molecular formula is C23H39IN4O3. The third-order valence-electron chi connectivity index (χ3n) is 5.69. The van der Waals surface area contributed by atoms with Gasteiger partial charge >= 0.3 is 0 Å². The maximum atomic E-state index is 10.8. The number of nitrogens with one attached hydrogen (secondary N) is 2. The van der Waals surface area contributed by atoms with Crippen molar-refractivity contribution in [3.63, 3.8) is 0 Å². The van der Waals surface area contributed by atoms with E-state index in [-0.39, 0.29) is 30.1 Å². The standard InChI is InChI=1S/C23H38N4O3.HI/c1-3-24-22(26-17-23(2,28)18-27-11-14-29-15-12-27)25-16-20-10-7-13-30-21(20)19-8-5-4-6-9-19;/h4-6,8-9,20-21,28H,3,7,10-18H2,1-2H3,(H2,24,25,26);1H. The molecule has 3 unspecified atom stereocenters. The Kier molecular flexibility index (Phi) is 11.5. The van der Waals surface area contributed by atoms with Gasteiger partial charge < -0.3 is 25.2 Å². The highest BCUT2D eigenvalue weighted by Crippen LogP contribution is 2.33. The van der Waals surface area contributed by atoms with Crippen LogP contribution < -0.4 is 10.6 Å². The molecule has 0 radical (unpaired) electrons. The van der Waals surface area contributed by atoms with Crippen LogP contribution in [-0.4, -0.2) is 80.7 Å². The monoisotopic (exact) mass is 546 g/mol. The number of hydrogen-bond donors (Lipinski definition) is 3. The summed E-state index contributed by atoms with van der Waals surface area (Å²) >= 11 is 0. The Balaban J connectivity index is 0.00000341. The molecule has 0 amide bonds. The first-order chi connectivity index (χ1) is 14.6. The van der Waals surface area contributed by atoms with Crippen LogP contribution >= 0.6 is 24.0 Å². The van der Waals surface area contributed by atoms with E-state index in [4.69, 9.17) is 9.47 Å². The molecule has 1 aromatic rings. The first kappa shape index (κ1) is 26.3. The van der Waals surface area contributed by atoms with Crippen LogP contribution in [0, 0.1) is 5.92 Å². The highest BCUT2D eigenvalue weighted by Gasteiger charge is 2.28. The van der Waals surface area contributed by atoms with Gasteiger partial charge in [-0.25, -0.2) is 0 Å². The van der Waals surface area contributed by atoms with Gasteiger partial charge in [0.25, 0.3) is 0 Å². The molecule has 7 nitrogen and oxygen atoms in total. The van der Waals surface area contributed by atoms with Crippen LogP contribution in [0.3, 0.4) is 0 Å². The van der Waals surface area contributed by atoms with Gasteiger partial charge in [0.15, 0.2) is 5.96 Å². The van der Waals surface area contributed by atoms with E-state index in [0.717, 1.165) is 64.8 Å². The van der Waals surface area contributed by atoms with E-state index in [1.165, 1.54) is 5.56 Å². The lowest BCUT2D eigenvalue weighted by Crippen LogP contribution is -2.48. The predicted octanol–water partition coefficient (Wildman–Crippen LogP) is 2.41. The predicted molar refractivity (Wildman–Crippen MR) is 135 cm³/mol. The van der Waals surface area contributed by atoms with Crippen molar-refractivity contribution in [3.05, 3.63) is 35.9 Å². The van der Waals surface area contributed by atoms with Crippen molar-refractivity contribution < 1.29 is 14.6 Å². The van der Waals surface area contributed by atoms with Gasteiger partial charge in [0.1, 0.15) is 0 Å². The Hall–Kier alpha value is -0.940. The number of guanidine groups is 1. The number of nitrogens with zero attached hydrogens (tertiary/aromatic N) is 2. The zero-order valence-electron chi connectivity index (χ0n) is 18.9. The Morgan fingerprint density at radius 2 is 1.94 bits per heavy atom. The van der Waals surface area contributed by atoms with Gasteiger partial charge in [0.2, 0.25) is 0 Å². The molecule has 2 fully saturated rings. The number of ether oxygens (including phenoxy) is 2. The molecule has 31 heavy (non-hydrogen) atoms. The molecule has 2 aliphatic rings. The smallest absolute Gasteiger partial charge is 0.191 e. The molecule has 3 rings (SSSR count). The van der Waals surface area contributed by atoms with Gasteiger partial charge in [-0.3, -0.25) is 9.89 Å². The van der Waals surface area contributed by atoms with Gasteiger partial charge in [0.05, 0.1) is 31.5 Å². The summed E-state index contributed by atoms with van der Waals surface area (Å²) in [6.45, 7) is 10.4. The van der Waals surface area contributed by atoms with Gasteiger partial charge in [-0.15, -0.1) is 24.0 Å². The van der Waals surface area contributed by atoms with Crippen molar-refractivity contribution >= 4 is 29.9 Å². The van der Waals surface area contributed by atoms with Crippen LogP contribution in [0.15, 0.2) is 35.3 Å². The van der Waals surface area contributed by atoms with Crippen molar-refractivity contribution in [2.24, 2.45) is 10.9 Å². The van der Waals surface area contributed by atoms with E-state index in [2.05, 4.69) is 51.7 Å². The summed E-state index contributed by atoms with van der Waals surface area (Å²) < 4.78 is 11.5. The highest BCUT2D eigenvalue weighted by atomic mass is 127. The van der Waals surface area contributed by atoms with Crippen molar-refractivity contribution in [2.75, 3.05) is 59.1 Å². The lowest BCUT2D eigenvalue weighted by Gasteiger charge is -2.33. The number of rotatable bonds is 8. The zero-order chi connectivity index (χ0) is 21.2. The van der Waals surface area contributed by atoms with E-state index < -0.39 is 5.60 Å². The highest BCUT2D eigenvalue weighted by molar-refractivity contribution is 14.0. The first-order valence-electron chi connectivity index (χ1n) is 11.3. The molecule has 2 aliphatic heterocycles. The molecule has 3 N–H and O–H groups in total. The fraction of sp³-hybridized carbons (Fsp3) is 0.696. The topological polar surface area (TPSA) is 78.4 Å². The third-order valence-corrected chi connectivity index (χ3v) is 5.69. The lowest BCUT2D eigenvalue weighted by molar-refractivity contribution is -0.0266. The quantitative estimate of drug-likeness (QED) is 0.264. The van der Waals surface area contributed by atoms with Gasteiger partial charge in [-0.2, -0.15) is 0 Å². The minimum Gasteiger partial charge on any atom is -0.387 e. The van der Waals surface area contributed by atoms with Crippen molar-refractivity contribution in [1.82, 2.24) is 15.5 Å². The van der Waals surface area contributed by atoms with E-state index in [9.17, 15) is 5.11 Å². The second kappa shape index (κ2) is 13.6. The molecule has 0 saturated carbocycles. The van der Waals surface area contributed by atoms with Crippen molar-refractivity contribution in [2.45, 2.75) is 38.4 Å². The summed E-state index contributed by atoms with van der Waals surface area (Å²) in [7, 11) is 0. The van der Waals surface area contributed by atoms with Crippen LogP contribution in [-0.2, 0) is 9.47 Å². The number of hydrogen-bond acceptors (Lipinski definition) is 5. The number of β-amino-alcohol motifs (C(OH)–C–C–N with tert-alkyl or cyclic N) is 1. The first-order valence-corrected chi connectivity index (χ1v) is 11.3. The summed E-state index contributed by atoms with van der Waals surface area (Å²) in [5, 5.41) is 17.6. The maximum absolute atomic E-state index is 10.8. The van der Waals surface area contributed by atoms with E-state index >= 15 is 0 Å². The van der Waals surface area contributed by atoms with Crippen LogP contribution in [0.4, 0.5) is 0 Å². The summed E-state index contributed by atoms with van der Waals surface area (Å²) in [6, 6.07) is 10.5. The Morgan fingerprint density at radius 1 is 1.19 bits per heavy atom. The Morgan fingerprint density at radius 3 is 2.65 bits per heavy atom. The SMILES string of the molecule is CCNC(=NCC(C)(O)CN1CCOCC1)NCC1CCCOC1c1ccccc1.I. The number of aliphatic hydroxyl groups is 1. The second-order valence-electron chi connectivity index (χ2n) is 8.57. The average molecular weight is 546 g/mol. The molecule has 3 atom stereocenters. The molecule has 0 spiro atoms. The number of halogens is 1. The minimum atomic E-state index is -0.875. The fourth-order valence-corrected chi connectivity index (χ4v) is 4.17. The molecule has 8 heteroatoms. The van der Waals surface area contributed by atoms with Crippen LogP contribution in [0.25, 0.3) is 0 Å². The van der Waals surface area contributed by atoms with Gasteiger partial charge in [-0.05, 0) is 32.3 Å². The minimum absolute atomic E-state index is 0. The second-order valence-corrected chi connectivity index (χ2v) is 8.57. The largest absolute Gasteiger partial charge is 0.387 e. The Labute approximate surface area is 204 Å². The number of aliphatic imine (C=N–C) groups is 1. The normalized spacial score (nSPS) is 24.7. The molecule has 176 valence electrons.